The van der Waals surface area contributed by atoms with Gasteiger partial charge in [-0.2, -0.15) is 0 Å². The second-order valence-corrected chi connectivity index (χ2v) is 5.00. The van der Waals surface area contributed by atoms with E-state index in [2.05, 4.69) is 22.2 Å². The Kier molecular flexibility index (Phi) is 3.58. The quantitative estimate of drug-likeness (QED) is 0.873. The summed E-state index contributed by atoms with van der Waals surface area (Å²) in [5.74, 6) is 0.838. The highest BCUT2D eigenvalue weighted by Crippen LogP contribution is 2.16. The molecule has 4 nitrogen and oxygen atoms in total. The van der Waals surface area contributed by atoms with Crippen molar-refractivity contribution in [1.82, 2.24) is 9.97 Å². The van der Waals surface area contributed by atoms with E-state index in [1.807, 2.05) is 25.3 Å². The second-order valence-electron chi connectivity index (χ2n) is 3.80. The number of nitrogens with two attached hydrogens (primary N) is 1. The fraction of sp³-hybridized carbons (Fsp3) is 0.333. The van der Waals surface area contributed by atoms with Crippen LogP contribution in [0, 0.1) is 6.92 Å². The van der Waals surface area contributed by atoms with Crippen molar-refractivity contribution in [2.45, 2.75) is 26.8 Å². The molecule has 0 amide bonds. The number of nitrogen functional groups attached to an aromatic ring is 1. The third kappa shape index (κ3) is 2.94. The van der Waals surface area contributed by atoms with E-state index >= 15 is 0 Å². The fourth-order valence-corrected chi connectivity index (χ4v) is 2.23. The number of anilines is 2. The number of rotatable bonds is 4. The minimum absolute atomic E-state index is 0.709. The molecule has 2 rings (SSSR count). The van der Waals surface area contributed by atoms with E-state index in [-0.39, 0.29) is 0 Å². The number of hydrogen-bond acceptors (Lipinski definition) is 5. The van der Waals surface area contributed by atoms with Crippen molar-refractivity contribution >= 4 is 22.8 Å². The van der Waals surface area contributed by atoms with Crippen LogP contribution in [0.3, 0.4) is 0 Å². The largest absolute Gasteiger partial charge is 0.397 e. The summed E-state index contributed by atoms with van der Waals surface area (Å²) in [4.78, 5) is 10.0. The third-order valence-electron chi connectivity index (χ3n) is 2.50. The van der Waals surface area contributed by atoms with Crippen LogP contribution in [0.5, 0.6) is 0 Å². The van der Waals surface area contributed by atoms with E-state index < -0.39 is 0 Å². The number of nitrogens with zero attached hydrogens (tertiary/aromatic N) is 2. The molecule has 90 valence electrons. The molecule has 0 aliphatic heterocycles. The van der Waals surface area contributed by atoms with Crippen LogP contribution in [0.1, 0.15) is 22.5 Å². The molecule has 0 bridgehead atoms. The molecule has 0 radical (unpaired) electrons. The fourth-order valence-electron chi connectivity index (χ4n) is 1.43. The van der Waals surface area contributed by atoms with Gasteiger partial charge in [0.25, 0.3) is 0 Å². The van der Waals surface area contributed by atoms with Gasteiger partial charge in [-0.05, 0) is 25.5 Å². The van der Waals surface area contributed by atoms with Crippen molar-refractivity contribution < 1.29 is 0 Å². The Morgan fingerprint density at radius 1 is 1.41 bits per heavy atom. The van der Waals surface area contributed by atoms with Crippen molar-refractivity contribution in [3.8, 4) is 0 Å². The molecule has 0 saturated heterocycles. The maximum atomic E-state index is 5.72. The third-order valence-corrected chi connectivity index (χ3v) is 3.64. The zero-order valence-electron chi connectivity index (χ0n) is 10.0. The smallest absolute Gasteiger partial charge is 0.126 e. The average molecular weight is 248 g/mol. The summed E-state index contributed by atoms with van der Waals surface area (Å²) in [7, 11) is 0. The van der Waals surface area contributed by atoms with Gasteiger partial charge in [-0.25, -0.2) is 9.97 Å². The highest BCUT2D eigenvalue weighted by atomic mass is 32.1. The Bertz CT molecular complexity index is 507. The molecule has 0 atom stereocenters. The van der Waals surface area contributed by atoms with Gasteiger partial charge in [0.1, 0.15) is 10.8 Å². The minimum Gasteiger partial charge on any atom is -0.397 e. The molecule has 0 aliphatic rings. The molecule has 0 aromatic carbocycles. The van der Waals surface area contributed by atoms with E-state index in [9.17, 15) is 0 Å². The Hall–Kier alpha value is -1.62. The zero-order chi connectivity index (χ0) is 12.3. The predicted octanol–water partition coefficient (Wildman–Crippen LogP) is 2.60. The summed E-state index contributed by atoms with van der Waals surface area (Å²) < 4.78 is 0. The van der Waals surface area contributed by atoms with Crippen molar-refractivity contribution in [2.75, 3.05) is 11.1 Å². The minimum atomic E-state index is 0.709. The summed E-state index contributed by atoms with van der Waals surface area (Å²) in [5.41, 5.74) is 7.29. The number of thiazole rings is 1. The topological polar surface area (TPSA) is 63.8 Å². The lowest BCUT2D eigenvalue weighted by molar-refractivity contribution is 1.06. The molecule has 0 aliphatic carbocycles. The molecule has 0 fully saturated rings. The second kappa shape index (κ2) is 5.14. The predicted molar refractivity (Wildman–Crippen MR) is 72.2 cm³/mol. The van der Waals surface area contributed by atoms with Gasteiger partial charge >= 0.3 is 0 Å². The molecule has 2 aromatic rings. The van der Waals surface area contributed by atoms with Crippen molar-refractivity contribution in [2.24, 2.45) is 0 Å². The van der Waals surface area contributed by atoms with Crippen molar-refractivity contribution in [1.29, 1.82) is 0 Å². The number of aromatic nitrogens is 2. The molecule has 0 saturated carbocycles. The number of aryl methyl sites for hydroxylation is 2. The zero-order valence-corrected chi connectivity index (χ0v) is 10.8. The van der Waals surface area contributed by atoms with Crippen molar-refractivity contribution in [3.05, 3.63) is 33.9 Å². The van der Waals surface area contributed by atoms with Gasteiger partial charge in [0.05, 0.1) is 17.9 Å². The highest BCUT2D eigenvalue weighted by molar-refractivity contribution is 7.11. The van der Waals surface area contributed by atoms with Crippen LogP contribution < -0.4 is 11.1 Å². The molecule has 2 aromatic heterocycles. The summed E-state index contributed by atoms with van der Waals surface area (Å²) in [6.07, 6.45) is 2.97. The van der Waals surface area contributed by atoms with E-state index in [1.54, 1.807) is 11.3 Å². The van der Waals surface area contributed by atoms with Crippen LogP contribution in [-0.4, -0.2) is 9.97 Å². The number of hydrogen-bond donors (Lipinski definition) is 2. The van der Waals surface area contributed by atoms with Gasteiger partial charge in [-0.3, -0.25) is 0 Å². The Labute approximate surface area is 105 Å². The summed E-state index contributed by atoms with van der Waals surface area (Å²) >= 11 is 1.73. The number of pyridine rings is 1. The Morgan fingerprint density at radius 3 is 2.88 bits per heavy atom. The van der Waals surface area contributed by atoms with Crippen LogP contribution in [0.15, 0.2) is 18.3 Å². The first-order valence-corrected chi connectivity index (χ1v) is 6.41. The van der Waals surface area contributed by atoms with Gasteiger partial charge in [-0.1, -0.05) is 6.92 Å². The SMILES string of the molecule is CCc1cnc(CNc2ccc(N)c(C)n2)s1. The standard InChI is InChI=1S/C12H16N4S/c1-3-9-6-15-12(17-9)7-14-11-5-4-10(13)8(2)16-11/h4-6H,3,7,13H2,1-2H3,(H,14,16). The van der Waals surface area contributed by atoms with E-state index in [0.717, 1.165) is 28.6 Å². The van der Waals surface area contributed by atoms with E-state index in [1.165, 1.54) is 4.88 Å². The van der Waals surface area contributed by atoms with Crippen LogP contribution in [-0.2, 0) is 13.0 Å². The van der Waals surface area contributed by atoms with Gasteiger partial charge in [-0.15, -0.1) is 11.3 Å². The van der Waals surface area contributed by atoms with Crippen molar-refractivity contribution in [3.63, 3.8) is 0 Å². The molecular formula is C12H16N4S. The van der Waals surface area contributed by atoms with Gasteiger partial charge in [0.15, 0.2) is 0 Å². The van der Waals surface area contributed by atoms with Gasteiger partial charge < -0.3 is 11.1 Å². The lowest BCUT2D eigenvalue weighted by Crippen LogP contribution is -2.02. The molecule has 0 spiro atoms. The first-order chi connectivity index (χ1) is 8.19. The van der Waals surface area contributed by atoms with E-state index in [0.29, 0.717) is 6.54 Å². The maximum Gasteiger partial charge on any atom is 0.126 e. The molecule has 17 heavy (non-hydrogen) atoms. The molecule has 0 unspecified atom stereocenters. The summed E-state index contributed by atoms with van der Waals surface area (Å²) in [5, 5.41) is 4.33. The van der Waals surface area contributed by atoms with E-state index in [4.69, 9.17) is 5.73 Å². The monoisotopic (exact) mass is 248 g/mol. The van der Waals surface area contributed by atoms with Gasteiger partial charge in [0.2, 0.25) is 0 Å². The van der Waals surface area contributed by atoms with Crippen LogP contribution in [0.4, 0.5) is 11.5 Å². The van der Waals surface area contributed by atoms with Crippen LogP contribution >= 0.6 is 11.3 Å². The molecule has 5 heteroatoms. The summed E-state index contributed by atoms with van der Waals surface area (Å²) in [6.45, 7) is 4.75. The van der Waals surface area contributed by atoms with Crippen LogP contribution in [0.2, 0.25) is 0 Å². The Morgan fingerprint density at radius 2 is 2.24 bits per heavy atom. The molecule has 3 N–H and O–H groups in total. The van der Waals surface area contributed by atoms with Crippen LogP contribution in [0.25, 0.3) is 0 Å². The molecule has 2 heterocycles. The Balaban J connectivity index is 1.99. The summed E-state index contributed by atoms with van der Waals surface area (Å²) in [6, 6.07) is 3.75. The van der Waals surface area contributed by atoms with Gasteiger partial charge in [0, 0.05) is 11.1 Å². The highest BCUT2D eigenvalue weighted by Gasteiger charge is 2.02. The molecular weight excluding hydrogens is 232 g/mol. The normalized spacial score (nSPS) is 10.5. The lowest BCUT2D eigenvalue weighted by Gasteiger charge is -2.05. The number of nitrogens with one attached hydrogen (secondary N) is 1. The lowest BCUT2D eigenvalue weighted by atomic mass is 10.3. The first kappa shape index (κ1) is 11.9. The maximum absolute atomic E-state index is 5.72. The first-order valence-electron chi connectivity index (χ1n) is 5.59. The average Bonchev–Trinajstić information content (AvgIpc) is 2.79.